The molecule has 1 unspecified atom stereocenters. The molecule has 0 heterocycles. The van der Waals surface area contributed by atoms with Crippen molar-refractivity contribution in [3.8, 4) is 6.07 Å². The molecule has 0 aliphatic rings. The van der Waals surface area contributed by atoms with E-state index in [1.54, 1.807) is 13.0 Å². The molecule has 0 spiro atoms. The highest BCUT2D eigenvalue weighted by Crippen LogP contribution is 2.15. The van der Waals surface area contributed by atoms with Gasteiger partial charge in [-0.05, 0) is 37.0 Å². The quantitative estimate of drug-likeness (QED) is 0.830. The zero-order valence-electron chi connectivity index (χ0n) is 11.7. The maximum absolute atomic E-state index is 13.1. The maximum atomic E-state index is 13.1. The van der Waals surface area contributed by atoms with Gasteiger partial charge in [0.2, 0.25) is 0 Å². The van der Waals surface area contributed by atoms with Crippen LogP contribution in [-0.2, 0) is 6.54 Å². The summed E-state index contributed by atoms with van der Waals surface area (Å²) in [5.41, 5.74) is 0.123. The SMILES string of the molecule is CC(C)CC(C)(O)CNCc1ccc(F)c(C#N)c1. The molecule has 3 nitrogen and oxygen atoms in total. The molecule has 4 heteroatoms. The van der Waals surface area contributed by atoms with Crippen LogP contribution in [0, 0.1) is 23.1 Å². The number of benzene rings is 1. The van der Waals surface area contributed by atoms with Crippen molar-refractivity contribution in [2.24, 2.45) is 5.92 Å². The highest BCUT2D eigenvalue weighted by molar-refractivity contribution is 5.34. The van der Waals surface area contributed by atoms with Crippen LogP contribution in [0.1, 0.15) is 38.3 Å². The fourth-order valence-corrected chi connectivity index (χ4v) is 2.20. The number of nitrogens with zero attached hydrogens (tertiary/aromatic N) is 1. The van der Waals surface area contributed by atoms with E-state index in [2.05, 4.69) is 19.2 Å². The van der Waals surface area contributed by atoms with Gasteiger partial charge in [-0.15, -0.1) is 0 Å². The largest absolute Gasteiger partial charge is 0.389 e. The molecule has 0 radical (unpaired) electrons. The predicted octanol–water partition coefficient (Wildman–Crippen LogP) is 2.58. The monoisotopic (exact) mass is 264 g/mol. The Hall–Kier alpha value is -1.44. The zero-order chi connectivity index (χ0) is 14.5. The average Bonchev–Trinajstić information content (AvgIpc) is 2.29. The van der Waals surface area contributed by atoms with Crippen molar-refractivity contribution in [2.45, 2.75) is 39.3 Å². The Bertz CT molecular complexity index is 464. The second-order valence-electron chi connectivity index (χ2n) is 5.62. The van der Waals surface area contributed by atoms with Crippen LogP contribution in [0.25, 0.3) is 0 Å². The van der Waals surface area contributed by atoms with Crippen molar-refractivity contribution in [3.63, 3.8) is 0 Å². The first-order chi connectivity index (χ1) is 8.84. The van der Waals surface area contributed by atoms with Gasteiger partial charge in [-0.2, -0.15) is 5.26 Å². The van der Waals surface area contributed by atoms with Crippen LogP contribution in [-0.4, -0.2) is 17.3 Å². The maximum Gasteiger partial charge on any atom is 0.140 e. The lowest BCUT2D eigenvalue weighted by molar-refractivity contribution is 0.0383. The van der Waals surface area contributed by atoms with E-state index in [4.69, 9.17) is 5.26 Å². The van der Waals surface area contributed by atoms with Gasteiger partial charge in [0.05, 0.1) is 11.2 Å². The second kappa shape index (κ2) is 6.65. The minimum Gasteiger partial charge on any atom is -0.389 e. The van der Waals surface area contributed by atoms with E-state index in [1.807, 2.05) is 6.07 Å². The molecule has 0 saturated heterocycles. The van der Waals surface area contributed by atoms with Gasteiger partial charge in [0.15, 0.2) is 0 Å². The van der Waals surface area contributed by atoms with Gasteiger partial charge < -0.3 is 10.4 Å². The summed E-state index contributed by atoms with van der Waals surface area (Å²) in [5.74, 6) is -0.0779. The number of hydrogen-bond acceptors (Lipinski definition) is 3. The molecule has 1 atom stereocenters. The summed E-state index contributed by atoms with van der Waals surface area (Å²) >= 11 is 0. The molecule has 1 rings (SSSR count). The smallest absolute Gasteiger partial charge is 0.140 e. The van der Waals surface area contributed by atoms with Gasteiger partial charge in [-0.1, -0.05) is 19.9 Å². The third-order valence-corrected chi connectivity index (χ3v) is 2.83. The standard InChI is InChI=1S/C15H21FN2O/c1-11(2)7-15(3,19)10-18-9-12-4-5-14(16)13(6-12)8-17/h4-6,11,18-19H,7,9-10H2,1-3H3. The lowest BCUT2D eigenvalue weighted by Gasteiger charge is -2.25. The summed E-state index contributed by atoms with van der Waals surface area (Å²) in [6.45, 7) is 6.89. The summed E-state index contributed by atoms with van der Waals surface area (Å²) in [4.78, 5) is 0. The van der Waals surface area contributed by atoms with Gasteiger partial charge in [-0.25, -0.2) is 4.39 Å². The van der Waals surface area contributed by atoms with Gasteiger partial charge in [0.25, 0.3) is 0 Å². The molecular weight excluding hydrogens is 243 g/mol. The van der Waals surface area contributed by atoms with Crippen LogP contribution in [0.4, 0.5) is 4.39 Å². The zero-order valence-corrected chi connectivity index (χ0v) is 11.7. The van der Waals surface area contributed by atoms with Crippen LogP contribution in [0.3, 0.4) is 0 Å². The highest BCUT2D eigenvalue weighted by Gasteiger charge is 2.21. The Kier molecular flexibility index (Phi) is 5.46. The van der Waals surface area contributed by atoms with E-state index < -0.39 is 11.4 Å². The van der Waals surface area contributed by atoms with Crippen molar-refractivity contribution in [1.82, 2.24) is 5.32 Å². The number of rotatable bonds is 6. The number of nitriles is 1. The Labute approximate surface area is 114 Å². The first-order valence-corrected chi connectivity index (χ1v) is 6.45. The Balaban J connectivity index is 2.52. The van der Waals surface area contributed by atoms with E-state index >= 15 is 0 Å². The molecule has 0 amide bonds. The Morgan fingerprint density at radius 1 is 1.47 bits per heavy atom. The molecule has 19 heavy (non-hydrogen) atoms. The van der Waals surface area contributed by atoms with E-state index in [1.165, 1.54) is 12.1 Å². The molecular formula is C15H21FN2O. The predicted molar refractivity (Wildman–Crippen MR) is 72.9 cm³/mol. The summed E-state index contributed by atoms with van der Waals surface area (Å²) in [5, 5.41) is 22.0. The molecule has 104 valence electrons. The second-order valence-corrected chi connectivity index (χ2v) is 5.62. The molecule has 0 saturated carbocycles. The fraction of sp³-hybridized carbons (Fsp3) is 0.533. The van der Waals surface area contributed by atoms with Crippen molar-refractivity contribution in [1.29, 1.82) is 5.26 Å². The van der Waals surface area contributed by atoms with Crippen molar-refractivity contribution >= 4 is 0 Å². The molecule has 0 bridgehead atoms. The minimum atomic E-state index is -0.758. The molecule has 0 fully saturated rings. The van der Waals surface area contributed by atoms with E-state index in [9.17, 15) is 9.50 Å². The van der Waals surface area contributed by atoms with E-state index in [0.29, 0.717) is 25.4 Å². The minimum absolute atomic E-state index is 0.0493. The lowest BCUT2D eigenvalue weighted by Crippen LogP contribution is -2.38. The van der Waals surface area contributed by atoms with Crippen LogP contribution in [0.5, 0.6) is 0 Å². The van der Waals surface area contributed by atoms with Gasteiger partial charge in [0.1, 0.15) is 11.9 Å². The van der Waals surface area contributed by atoms with Crippen molar-refractivity contribution < 1.29 is 9.50 Å². The first-order valence-electron chi connectivity index (χ1n) is 6.45. The molecule has 1 aromatic rings. The summed E-state index contributed by atoms with van der Waals surface area (Å²) in [6, 6.07) is 6.28. The summed E-state index contributed by atoms with van der Waals surface area (Å²) < 4.78 is 13.1. The molecule has 0 aliphatic heterocycles. The number of halogens is 1. The van der Waals surface area contributed by atoms with Gasteiger partial charge in [-0.3, -0.25) is 0 Å². The Morgan fingerprint density at radius 3 is 2.74 bits per heavy atom. The van der Waals surface area contributed by atoms with Crippen molar-refractivity contribution in [3.05, 3.63) is 35.1 Å². The van der Waals surface area contributed by atoms with Crippen molar-refractivity contribution in [2.75, 3.05) is 6.54 Å². The highest BCUT2D eigenvalue weighted by atomic mass is 19.1. The molecule has 1 aromatic carbocycles. The Morgan fingerprint density at radius 2 is 2.16 bits per heavy atom. The third-order valence-electron chi connectivity index (χ3n) is 2.83. The summed E-state index contributed by atoms with van der Waals surface area (Å²) in [7, 11) is 0. The van der Waals surface area contributed by atoms with Crippen LogP contribution in [0.2, 0.25) is 0 Å². The molecule has 0 aromatic heterocycles. The first kappa shape index (κ1) is 15.6. The van der Waals surface area contributed by atoms with Crippen LogP contribution >= 0.6 is 0 Å². The molecule has 2 N–H and O–H groups in total. The normalized spacial score (nSPS) is 14.2. The van der Waals surface area contributed by atoms with E-state index in [0.717, 1.165) is 5.56 Å². The topological polar surface area (TPSA) is 56.0 Å². The van der Waals surface area contributed by atoms with Crippen LogP contribution in [0.15, 0.2) is 18.2 Å². The number of hydrogen-bond donors (Lipinski definition) is 2. The van der Waals surface area contributed by atoms with Gasteiger partial charge in [0, 0.05) is 13.1 Å². The third kappa shape index (κ3) is 5.37. The van der Waals surface area contributed by atoms with E-state index in [-0.39, 0.29) is 5.56 Å². The fourth-order valence-electron chi connectivity index (χ4n) is 2.20. The summed E-state index contributed by atoms with van der Waals surface area (Å²) in [6.07, 6.45) is 0.715. The lowest BCUT2D eigenvalue weighted by atomic mass is 9.94. The number of nitrogens with one attached hydrogen (secondary N) is 1. The van der Waals surface area contributed by atoms with Crippen LogP contribution < -0.4 is 5.32 Å². The average molecular weight is 264 g/mol. The van der Waals surface area contributed by atoms with Gasteiger partial charge >= 0.3 is 0 Å². The molecule has 0 aliphatic carbocycles. The number of aliphatic hydroxyl groups is 1.